The van der Waals surface area contributed by atoms with Gasteiger partial charge in [-0.05, 0) is 50.5 Å². The number of rotatable bonds is 3. The minimum Gasteiger partial charge on any atom is -0.389 e. The molecule has 20 heavy (non-hydrogen) atoms. The lowest BCUT2D eigenvalue weighted by Crippen LogP contribution is -2.34. The fraction of sp³-hybridized carbons (Fsp3) is 0.538. The Morgan fingerprint density at radius 3 is 2.30 bits per heavy atom. The van der Waals surface area contributed by atoms with E-state index in [0.29, 0.717) is 34.7 Å². The van der Waals surface area contributed by atoms with Crippen molar-refractivity contribution in [3.05, 3.63) is 23.3 Å². The summed E-state index contributed by atoms with van der Waals surface area (Å²) < 4.78 is 26.8. The Kier molecular flexibility index (Phi) is 3.81. The van der Waals surface area contributed by atoms with E-state index in [4.69, 9.17) is 5.84 Å². The van der Waals surface area contributed by atoms with Gasteiger partial charge in [0.15, 0.2) is 0 Å². The number of benzene rings is 1. The van der Waals surface area contributed by atoms with Crippen molar-refractivity contribution in [1.29, 1.82) is 0 Å². The van der Waals surface area contributed by atoms with Gasteiger partial charge in [0, 0.05) is 18.8 Å². The fourth-order valence-corrected chi connectivity index (χ4v) is 4.65. The van der Waals surface area contributed by atoms with Crippen LogP contribution in [0.15, 0.2) is 17.0 Å². The number of nitrogen functional groups attached to an aromatic ring is 1. The topological polar surface area (TPSA) is 95.7 Å². The van der Waals surface area contributed by atoms with Crippen molar-refractivity contribution in [1.82, 2.24) is 4.31 Å². The van der Waals surface area contributed by atoms with Gasteiger partial charge in [-0.2, -0.15) is 4.31 Å². The zero-order valence-electron chi connectivity index (χ0n) is 12.0. The average molecular weight is 299 g/mol. The van der Waals surface area contributed by atoms with Crippen LogP contribution in [0.1, 0.15) is 24.5 Å². The van der Waals surface area contributed by atoms with E-state index in [1.165, 1.54) is 4.31 Å². The van der Waals surface area contributed by atoms with Crippen LogP contribution in [0, 0.1) is 13.8 Å². The third-order valence-corrected chi connectivity index (χ3v) is 5.79. The fourth-order valence-electron chi connectivity index (χ4n) is 2.68. The van der Waals surface area contributed by atoms with Crippen LogP contribution >= 0.6 is 0 Å². The van der Waals surface area contributed by atoms with E-state index in [1.807, 2.05) is 0 Å². The molecule has 1 saturated heterocycles. The number of sulfonamides is 1. The largest absolute Gasteiger partial charge is 0.389 e. The average Bonchev–Trinajstić information content (AvgIpc) is 2.69. The minimum absolute atomic E-state index is 0.130. The van der Waals surface area contributed by atoms with Crippen molar-refractivity contribution >= 4 is 15.7 Å². The smallest absolute Gasteiger partial charge is 0.243 e. The predicted molar refractivity (Wildman–Crippen MR) is 77.7 cm³/mol. The summed E-state index contributed by atoms with van der Waals surface area (Å²) in [5.74, 6) is 5.36. The van der Waals surface area contributed by atoms with E-state index >= 15 is 0 Å². The van der Waals surface area contributed by atoms with Gasteiger partial charge in [0.2, 0.25) is 10.0 Å². The molecule has 1 aliphatic heterocycles. The third-order valence-electron chi connectivity index (χ3n) is 3.64. The summed E-state index contributed by atoms with van der Waals surface area (Å²) in [6.45, 7) is 5.61. The Hall–Kier alpha value is -1.15. The van der Waals surface area contributed by atoms with E-state index in [2.05, 4.69) is 5.43 Å². The quantitative estimate of drug-likeness (QED) is 0.565. The molecular formula is C13H21N3O3S. The molecule has 2 rings (SSSR count). The maximum atomic E-state index is 12.7. The number of anilines is 1. The van der Waals surface area contributed by atoms with Crippen LogP contribution in [0.2, 0.25) is 0 Å². The second-order valence-corrected chi connectivity index (χ2v) is 7.54. The summed E-state index contributed by atoms with van der Waals surface area (Å²) in [7, 11) is -3.59. The molecule has 1 aliphatic rings. The first-order valence-electron chi connectivity index (χ1n) is 6.48. The molecule has 0 saturated carbocycles. The van der Waals surface area contributed by atoms with Crippen LogP contribution < -0.4 is 11.3 Å². The minimum atomic E-state index is -3.59. The lowest BCUT2D eigenvalue weighted by molar-refractivity contribution is 0.0762. The number of hydrogen-bond acceptors (Lipinski definition) is 5. The second-order valence-electron chi connectivity index (χ2n) is 5.67. The van der Waals surface area contributed by atoms with Gasteiger partial charge in [-0.15, -0.1) is 0 Å². The highest BCUT2D eigenvalue weighted by atomic mass is 32.2. The molecule has 1 aromatic carbocycles. The van der Waals surface area contributed by atoms with E-state index < -0.39 is 15.6 Å². The molecule has 0 spiro atoms. The van der Waals surface area contributed by atoms with E-state index in [9.17, 15) is 13.5 Å². The molecule has 0 aliphatic carbocycles. The number of nitrogens with two attached hydrogens (primary N) is 1. The number of nitrogens with one attached hydrogen (secondary N) is 1. The van der Waals surface area contributed by atoms with E-state index in [0.717, 1.165) is 0 Å². The van der Waals surface area contributed by atoms with Crippen LogP contribution in [-0.4, -0.2) is 36.5 Å². The van der Waals surface area contributed by atoms with Gasteiger partial charge >= 0.3 is 0 Å². The summed E-state index contributed by atoms with van der Waals surface area (Å²) >= 11 is 0. The lowest BCUT2D eigenvalue weighted by atomic mass is 10.1. The van der Waals surface area contributed by atoms with E-state index in [1.54, 1.807) is 32.9 Å². The van der Waals surface area contributed by atoms with Crippen molar-refractivity contribution in [2.75, 3.05) is 18.5 Å². The van der Waals surface area contributed by atoms with Crippen LogP contribution in [0.4, 0.5) is 5.69 Å². The molecule has 0 bridgehead atoms. The van der Waals surface area contributed by atoms with Gasteiger partial charge in [0.05, 0.1) is 10.5 Å². The van der Waals surface area contributed by atoms with Gasteiger partial charge in [0.1, 0.15) is 0 Å². The SMILES string of the molecule is Cc1cc(NN)cc(C)c1S(=O)(=O)N1CCC(C)(O)C1. The molecule has 4 N–H and O–H groups in total. The van der Waals surface area contributed by atoms with Crippen molar-refractivity contribution in [3.8, 4) is 0 Å². The number of nitrogens with zero attached hydrogens (tertiary/aromatic N) is 1. The summed E-state index contributed by atoms with van der Waals surface area (Å²) in [5, 5.41) is 9.96. The Morgan fingerprint density at radius 1 is 1.35 bits per heavy atom. The zero-order valence-corrected chi connectivity index (χ0v) is 12.8. The van der Waals surface area contributed by atoms with Gasteiger partial charge in [-0.1, -0.05) is 0 Å². The van der Waals surface area contributed by atoms with Crippen molar-refractivity contribution in [2.24, 2.45) is 5.84 Å². The number of β-amino-alcohol motifs (C(OH)–C–C–N with tert-alkyl or cyclic N) is 1. The molecule has 7 heteroatoms. The van der Waals surface area contributed by atoms with Crippen LogP contribution in [0.25, 0.3) is 0 Å². The third kappa shape index (κ3) is 2.67. The van der Waals surface area contributed by atoms with Crippen LogP contribution in [0.5, 0.6) is 0 Å². The van der Waals surface area contributed by atoms with Crippen LogP contribution in [-0.2, 0) is 10.0 Å². The Bertz CT molecular complexity index is 603. The Balaban J connectivity index is 2.46. The monoisotopic (exact) mass is 299 g/mol. The van der Waals surface area contributed by atoms with Gasteiger partial charge in [-0.25, -0.2) is 8.42 Å². The normalized spacial score (nSPS) is 24.1. The molecule has 0 amide bonds. The first-order valence-corrected chi connectivity index (χ1v) is 7.92. The highest BCUT2D eigenvalue weighted by molar-refractivity contribution is 7.89. The van der Waals surface area contributed by atoms with Crippen LogP contribution in [0.3, 0.4) is 0 Å². The van der Waals surface area contributed by atoms with Gasteiger partial charge in [0.25, 0.3) is 0 Å². The molecule has 1 heterocycles. The molecule has 1 atom stereocenters. The second kappa shape index (κ2) is 5.00. The zero-order chi connectivity index (χ0) is 15.1. The Labute approximate surface area is 119 Å². The van der Waals surface area contributed by atoms with Gasteiger partial charge < -0.3 is 10.5 Å². The highest BCUT2D eigenvalue weighted by Crippen LogP contribution is 2.31. The maximum absolute atomic E-state index is 12.7. The first kappa shape index (κ1) is 15.2. The standard InChI is InChI=1S/C13H21N3O3S/c1-9-6-11(15-14)7-10(2)12(9)20(18,19)16-5-4-13(3,17)8-16/h6-7,15,17H,4-5,8,14H2,1-3H3. The summed E-state index contributed by atoms with van der Waals surface area (Å²) in [6.07, 6.45) is 0.451. The summed E-state index contributed by atoms with van der Waals surface area (Å²) in [4.78, 5) is 0.300. The van der Waals surface area contributed by atoms with E-state index in [-0.39, 0.29) is 6.54 Å². The summed E-state index contributed by atoms with van der Waals surface area (Å²) in [5.41, 5.74) is 3.53. The maximum Gasteiger partial charge on any atom is 0.243 e. The van der Waals surface area contributed by atoms with Crippen molar-refractivity contribution < 1.29 is 13.5 Å². The number of aliphatic hydroxyl groups is 1. The number of aryl methyl sites for hydroxylation is 2. The molecule has 1 fully saturated rings. The molecule has 1 aromatic rings. The number of hydrazine groups is 1. The molecular weight excluding hydrogens is 278 g/mol. The van der Waals surface area contributed by atoms with Crippen molar-refractivity contribution in [2.45, 2.75) is 37.7 Å². The Morgan fingerprint density at radius 2 is 1.90 bits per heavy atom. The highest BCUT2D eigenvalue weighted by Gasteiger charge is 2.39. The predicted octanol–water partition coefficient (Wildman–Crippen LogP) is 0.734. The molecule has 0 radical (unpaired) electrons. The molecule has 0 aromatic heterocycles. The summed E-state index contributed by atoms with van der Waals surface area (Å²) in [6, 6.07) is 3.40. The number of hydrogen-bond donors (Lipinski definition) is 3. The van der Waals surface area contributed by atoms with Crippen molar-refractivity contribution in [3.63, 3.8) is 0 Å². The van der Waals surface area contributed by atoms with Gasteiger partial charge in [-0.3, -0.25) is 5.84 Å². The first-order chi connectivity index (χ1) is 9.17. The lowest BCUT2D eigenvalue weighted by Gasteiger charge is -2.21. The molecule has 6 nitrogen and oxygen atoms in total. The molecule has 1 unspecified atom stereocenters. The molecule has 112 valence electrons.